The predicted octanol–water partition coefficient (Wildman–Crippen LogP) is 2.56. The van der Waals surface area contributed by atoms with Crippen LogP contribution in [0.1, 0.15) is 38.7 Å². The summed E-state index contributed by atoms with van der Waals surface area (Å²) >= 11 is 0. The van der Waals surface area contributed by atoms with E-state index < -0.39 is 5.41 Å². The van der Waals surface area contributed by atoms with Gasteiger partial charge in [0.15, 0.2) is 0 Å². The number of carbonyl (C=O) groups excluding carboxylic acids is 1. The standard InChI is InChI=1S/C17H26N2O/c1-17(2,14-9-5-4-6-10-14)16(20)19-12-8-7-11-15(19)13-18-3/h4-6,9-10,15,18H,7-8,11-13H2,1-3H3. The topological polar surface area (TPSA) is 32.3 Å². The van der Waals surface area contributed by atoms with Crippen LogP contribution in [0.3, 0.4) is 0 Å². The lowest BCUT2D eigenvalue weighted by atomic mass is 9.82. The monoisotopic (exact) mass is 274 g/mol. The second kappa shape index (κ2) is 6.40. The molecule has 20 heavy (non-hydrogen) atoms. The van der Waals surface area contributed by atoms with Crippen molar-refractivity contribution in [3.05, 3.63) is 35.9 Å². The lowest BCUT2D eigenvalue weighted by Gasteiger charge is -2.40. The summed E-state index contributed by atoms with van der Waals surface area (Å²) in [5.74, 6) is 0.253. The van der Waals surface area contributed by atoms with Crippen molar-refractivity contribution in [3.63, 3.8) is 0 Å². The van der Waals surface area contributed by atoms with Crippen LogP contribution in [0, 0.1) is 0 Å². The van der Waals surface area contributed by atoms with Crippen molar-refractivity contribution in [2.45, 2.75) is 44.6 Å². The van der Waals surface area contributed by atoms with E-state index in [9.17, 15) is 4.79 Å². The zero-order valence-electron chi connectivity index (χ0n) is 12.9. The molecule has 3 heteroatoms. The maximum absolute atomic E-state index is 13.0. The Morgan fingerprint density at radius 1 is 1.30 bits per heavy atom. The highest BCUT2D eigenvalue weighted by Gasteiger charge is 2.37. The van der Waals surface area contributed by atoms with Gasteiger partial charge >= 0.3 is 0 Å². The lowest BCUT2D eigenvalue weighted by molar-refractivity contribution is -0.140. The van der Waals surface area contributed by atoms with Gasteiger partial charge in [-0.1, -0.05) is 30.3 Å². The molecule has 1 fully saturated rings. The molecule has 0 saturated carbocycles. The van der Waals surface area contributed by atoms with E-state index in [1.54, 1.807) is 0 Å². The molecule has 0 aliphatic carbocycles. The number of nitrogens with one attached hydrogen (secondary N) is 1. The fourth-order valence-corrected chi connectivity index (χ4v) is 3.05. The van der Waals surface area contributed by atoms with Crippen LogP contribution in [-0.4, -0.2) is 37.0 Å². The Labute approximate surface area is 122 Å². The minimum atomic E-state index is -0.454. The average molecular weight is 274 g/mol. The molecule has 1 atom stereocenters. The first-order chi connectivity index (χ1) is 9.57. The number of likely N-dealkylation sites (N-methyl/N-ethyl adjacent to an activating group) is 1. The van der Waals surface area contributed by atoms with Gasteiger partial charge in [0.25, 0.3) is 0 Å². The minimum absolute atomic E-state index is 0.253. The molecule has 0 spiro atoms. The Morgan fingerprint density at radius 2 is 2.00 bits per heavy atom. The predicted molar refractivity (Wildman–Crippen MR) is 82.7 cm³/mol. The summed E-state index contributed by atoms with van der Waals surface area (Å²) in [6.45, 7) is 5.85. The van der Waals surface area contributed by atoms with Crippen molar-refractivity contribution in [2.24, 2.45) is 0 Å². The van der Waals surface area contributed by atoms with Gasteiger partial charge in [-0.15, -0.1) is 0 Å². The molecule has 1 amide bonds. The third-order valence-electron chi connectivity index (χ3n) is 4.36. The highest BCUT2D eigenvalue weighted by molar-refractivity contribution is 5.87. The van der Waals surface area contributed by atoms with E-state index in [1.165, 1.54) is 6.42 Å². The summed E-state index contributed by atoms with van der Waals surface area (Å²) in [6, 6.07) is 10.4. The highest BCUT2D eigenvalue weighted by atomic mass is 16.2. The number of hydrogen-bond acceptors (Lipinski definition) is 2. The van der Waals surface area contributed by atoms with Crippen LogP contribution in [0.15, 0.2) is 30.3 Å². The molecule has 1 saturated heterocycles. The highest BCUT2D eigenvalue weighted by Crippen LogP contribution is 2.29. The van der Waals surface area contributed by atoms with Crippen molar-refractivity contribution < 1.29 is 4.79 Å². The Bertz CT molecular complexity index is 440. The van der Waals surface area contributed by atoms with Crippen LogP contribution in [0.25, 0.3) is 0 Å². The van der Waals surface area contributed by atoms with E-state index in [-0.39, 0.29) is 5.91 Å². The molecule has 0 aromatic heterocycles. The quantitative estimate of drug-likeness (QED) is 0.915. The molecule has 1 unspecified atom stereocenters. The maximum Gasteiger partial charge on any atom is 0.232 e. The molecule has 1 N–H and O–H groups in total. The molecule has 0 radical (unpaired) electrons. The van der Waals surface area contributed by atoms with E-state index in [0.717, 1.165) is 31.5 Å². The third kappa shape index (κ3) is 3.04. The zero-order valence-corrected chi connectivity index (χ0v) is 12.9. The smallest absolute Gasteiger partial charge is 0.232 e. The van der Waals surface area contributed by atoms with Gasteiger partial charge in [-0.2, -0.15) is 0 Å². The van der Waals surface area contributed by atoms with Gasteiger partial charge in [-0.05, 0) is 45.7 Å². The van der Waals surface area contributed by atoms with Crippen LogP contribution in [0.2, 0.25) is 0 Å². The molecule has 1 aliphatic rings. The van der Waals surface area contributed by atoms with Crippen molar-refractivity contribution in [1.82, 2.24) is 10.2 Å². The van der Waals surface area contributed by atoms with E-state index in [0.29, 0.717) is 6.04 Å². The van der Waals surface area contributed by atoms with E-state index >= 15 is 0 Å². The minimum Gasteiger partial charge on any atom is -0.338 e. The number of carbonyl (C=O) groups is 1. The second-order valence-electron chi connectivity index (χ2n) is 6.20. The Kier molecular flexibility index (Phi) is 4.81. The number of hydrogen-bond donors (Lipinski definition) is 1. The van der Waals surface area contributed by atoms with Crippen molar-refractivity contribution in [3.8, 4) is 0 Å². The summed E-state index contributed by atoms with van der Waals surface area (Å²) in [5, 5.41) is 3.22. The Balaban J connectivity index is 2.20. The SMILES string of the molecule is CNCC1CCCCN1C(=O)C(C)(C)c1ccccc1. The van der Waals surface area contributed by atoms with Crippen molar-refractivity contribution in [1.29, 1.82) is 0 Å². The van der Waals surface area contributed by atoms with E-state index in [2.05, 4.69) is 22.3 Å². The molecule has 1 aliphatic heterocycles. The van der Waals surface area contributed by atoms with Gasteiger partial charge in [0.05, 0.1) is 5.41 Å². The molecule has 3 nitrogen and oxygen atoms in total. The van der Waals surface area contributed by atoms with Crippen LogP contribution >= 0.6 is 0 Å². The van der Waals surface area contributed by atoms with Crippen molar-refractivity contribution >= 4 is 5.91 Å². The van der Waals surface area contributed by atoms with Gasteiger partial charge in [-0.25, -0.2) is 0 Å². The number of nitrogens with zero attached hydrogens (tertiary/aromatic N) is 1. The number of piperidine rings is 1. The summed E-state index contributed by atoms with van der Waals surface area (Å²) in [4.78, 5) is 15.1. The molecule has 2 rings (SSSR count). The first-order valence-electron chi connectivity index (χ1n) is 7.58. The number of benzene rings is 1. The molecular formula is C17H26N2O. The van der Waals surface area contributed by atoms with E-state index in [1.807, 2.05) is 39.1 Å². The molecular weight excluding hydrogens is 248 g/mol. The van der Waals surface area contributed by atoms with Crippen LogP contribution in [0.4, 0.5) is 0 Å². The first-order valence-corrected chi connectivity index (χ1v) is 7.58. The van der Waals surface area contributed by atoms with Gasteiger partial charge in [-0.3, -0.25) is 4.79 Å². The molecule has 1 aromatic carbocycles. The number of rotatable bonds is 4. The Morgan fingerprint density at radius 3 is 2.65 bits per heavy atom. The van der Waals surface area contributed by atoms with Crippen LogP contribution in [0.5, 0.6) is 0 Å². The fourth-order valence-electron chi connectivity index (χ4n) is 3.05. The molecule has 1 aromatic rings. The van der Waals surface area contributed by atoms with Gasteiger partial charge in [0.1, 0.15) is 0 Å². The van der Waals surface area contributed by atoms with Gasteiger partial charge in [0, 0.05) is 19.1 Å². The number of amides is 1. The largest absolute Gasteiger partial charge is 0.338 e. The molecule has 0 bridgehead atoms. The molecule has 110 valence electrons. The Hall–Kier alpha value is -1.35. The third-order valence-corrected chi connectivity index (χ3v) is 4.36. The summed E-state index contributed by atoms with van der Waals surface area (Å²) in [5.41, 5.74) is 0.642. The normalized spacial score (nSPS) is 19.9. The lowest BCUT2D eigenvalue weighted by Crippen LogP contribution is -2.53. The first kappa shape index (κ1) is 15.0. The zero-order chi connectivity index (χ0) is 14.6. The fraction of sp³-hybridized carbons (Fsp3) is 0.588. The summed E-state index contributed by atoms with van der Waals surface area (Å²) in [7, 11) is 1.96. The summed E-state index contributed by atoms with van der Waals surface area (Å²) in [6.07, 6.45) is 3.45. The second-order valence-corrected chi connectivity index (χ2v) is 6.20. The molecule has 1 heterocycles. The van der Waals surface area contributed by atoms with E-state index in [4.69, 9.17) is 0 Å². The maximum atomic E-state index is 13.0. The average Bonchev–Trinajstić information content (AvgIpc) is 2.48. The van der Waals surface area contributed by atoms with Crippen LogP contribution in [-0.2, 0) is 10.2 Å². The number of likely N-dealkylation sites (tertiary alicyclic amines) is 1. The van der Waals surface area contributed by atoms with Gasteiger partial charge in [0.2, 0.25) is 5.91 Å². The van der Waals surface area contributed by atoms with Crippen LogP contribution < -0.4 is 5.32 Å². The van der Waals surface area contributed by atoms with Crippen molar-refractivity contribution in [2.75, 3.05) is 20.1 Å². The summed E-state index contributed by atoms with van der Waals surface area (Å²) < 4.78 is 0. The van der Waals surface area contributed by atoms with Gasteiger partial charge < -0.3 is 10.2 Å².